The Balaban J connectivity index is 3.24. The molecule has 1 N–H and O–H groups in total. The van der Waals surface area contributed by atoms with Crippen LogP contribution in [0.4, 0.5) is 0 Å². The number of carbonyl (C=O) groups excluding carboxylic acids is 2. The molecule has 8 nitrogen and oxygen atoms in total. The molecule has 0 saturated heterocycles. The molecule has 0 aliphatic carbocycles. The molecule has 0 bridgehead atoms. The van der Waals surface area contributed by atoms with E-state index in [1.807, 2.05) is 0 Å². The average molecular weight is 325 g/mol. The lowest BCUT2D eigenvalue weighted by Crippen LogP contribution is -2.36. The number of nitrogens with zero attached hydrogens (tertiary/aromatic N) is 1. The van der Waals surface area contributed by atoms with Crippen LogP contribution in [-0.2, 0) is 19.1 Å². The molecule has 0 radical (unpaired) electrons. The van der Waals surface area contributed by atoms with Gasteiger partial charge in [0.1, 0.15) is 5.75 Å². The summed E-state index contributed by atoms with van der Waals surface area (Å²) in [6.07, 6.45) is 0. The molecule has 0 amide bonds. The lowest BCUT2D eigenvalue weighted by atomic mass is 9.85. The Hall–Kier alpha value is -2.64. The summed E-state index contributed by atoms with van der Waals surface area (Å²) < 4.78 is 9.74. The van der Waals surface area contributed by atoms with Gasteiger partial charge in [0.2, 0.25) is 6.54 Å². The van der Waals surface area contributed by atoms with Crippen LogP contribution in [0.1, 0.15) is 25.3 Å². The molecule has 0 aliphatic rings. The number of rotatable bonds is 8. The highest BCUT2D eigenvalue weighted by Crippen LogP contribution is 2.29. The molecular weight excluding hydrogens is 306 g/mol. The second-order valence-electron chi connectivity index (χ2n) is 4.70. The number of esters is 2. The Labute approximate surface area is 133 Å². The maximum absolute atomic E-state index is 12.1. The number of hydrogen-bond donors (Lipinski definition) is 1. The van der Waals surface area contributed by atoms with Gasteiger partial charge in [0, 0.05) is 4.92 Å². The number of phenolic OH excluding ortho intramolecular Hbond substituents is 1. The quantitative estimate of drug-likeness (QED) is 0.333. The summed E-state index contributed by atoms with van der Waals surface area (Å²) >= 11 is 0. The third-order valence-electron chi connectivity index (χ3n) is 3.15. The summed E-state index contributed by atoms with van der Waals surface area (Å²) in [6, 6.07) is 5.51. The second-order valence-corrected chi connectivity index (χ2v) is 4.70. The van der Waals surface area contributed by atoms with Gasteiger partial charge in [-0.3, -0.25) is 19.7 Å². The highest BCUT2D eigenvalue weighted by molar-refractivity contribution is 5.96. The lowest BCUT2D eigenvalue weighted by Gasteiger charge is -2.21. The standard InChI is InChI=1S/C15H19NO7/c1-3-22-14(18)13(15(19)23-4-2)12(9-16(20)21)10-5-7-11(17)8-6-10/h5-8,12-13,17H,3-4,9H2,1-2H3. The topological polar surface area (TPSA) is 116 Å². The largest absolute Gasteiger partial charge is 0.508 e. The van der Waals surface area contributed by atoms with Crippen molar-refractivity contribution in [3.63, 3.8) is 0 Å². The van der Waals surface area contributed by atoms with E-state index >= 15 is 0 Å². The first-order chi connectivity index (χ1) is 10.9. The molecule has 1 atom stereocenters. The minimum atomic E-state index is -1.44. The molecule has 126 valence electrons. The molecule has 0 spiro atoms. The summed E-state index contributed by atoms with van der Waals surface area (Å²) in [5, 5.41) is 20.3. The van der Waals surface area contributed by atoms with E-state index in [1.165, 1.54) is 24.3 Å². The van der Waals surface area contributed by atoms with E-state index in [4.69, 9.17) is 9.47 Å². The van der Waals surface area contributed by atoms with Gasteiger partial charge in [-0.05, 0) is 31.5 Å². The molecule has 8 heteroatoms. The second kappa shape index (κ2) is 8.72. The van der Waals surface area contributed by atoms with E-state index in [1.54, 1.807) is 13.8 Å². The van der Waals surface area contributed by atoms with E-state index in [0.717, 1.165) is 0 Å². The van der Waals surface area contributed by atoms with Gasteiger partial charge in [0.25, 0.3) is 0 Å². The molecule has 0 aromatic heterocycles. The van der Waals surface area contributed by atoms with Gasteiger partial charge in [-0.2, -0.15) is 0 Å². The van der Waals surface area contributed by atoms with Crippen molar-refractivity contribution in [1.82, 2.24) is 0 Å². The molecule has 0 heterocycles. The van der Waals surface area contributed by atoms with Gasteiger partial charge in [0.15, 0.2) is 5.92 Å². The van der Waals surface area contributed by atoms with Crippen LogP contribution in [0.5, 0.6) is 5.75 Å². The summed E-state index contributed by atoms with van der Waals surface area (Å²) in [7, 11) is 0. The Kier molecular flexibility index (Phi) is 6.98. The first-order valence-corrected chi connectivity index (χ1v) is 7.14. The maximum Gasteiger partial charge on any atom is 0.321 e. The molecule has 1 unspecified atom stereocenters. The number of nitro groups is 1. The van der Waals surface area contributed by atoms with Gasteiger partial charge in [-0.1, -0.05) is 12.1 Å². The Morgan fingerprint density at radius 3 is 2.00 bits per heavy atom. The van der Waals surface area contributed by atoms with Gasteiger partial charge in [-0.15, -0.1) is 0 Å². The predicted molar refractivity (Wildman–Crippen MR) is 79.5 cm³/mol. The first kappa shape index (κ1) is 18.4. The molecule has 0 saturated carbocycles. The zero-order chi connectivity index (χ0) is 17.4. The van der Waals surface area contributed by atoms with Gasteiger partial charge in [0.05, 0.1) is 19.1 Å². The van der Waals surface area contributed by atoms with E-state index in [-0.39, 0.29) is 19.0 Å². The smallest absolute Gasteiger partial charge is 0.321 e. The van der Waals surface area contributed by atoms with Crippen molar-refractivity contribution in [1.29, 1.82) is 0 Å². The van der Waals surface area contributed by atoms with Gasteiger partial charge < -0.3 is 14.6 Å². The predicted octanol–water partition coefficient (Wildman–Crippen LogP) is 1.49. The molecule has 1 aromatic carbocycles. The number of hydrogen-bond acceptors (Lipinski definition) is 7. The molecule has 0 aliphatic heterocycles. The molecule has 0 fully saturated rings. The molecule has 1 aromatic rings. The zero-order valence-electron chi connectivity index (χ0n) is 12.9. The fourth-order valence-electron chi connectivity index (χ4n) is 2.17. The number of carbonyl (C=O) groups is 2. The highest BCUT2D eigenvalue weighted by atomic mass is 16.6. The van der Waals surface area contributed by atoms with Crippen LogP contribution in [0, 0.1) is 16.0 Å². The maximum atomic E-state index is 12.1. The van der Waals surface area contributed by atoms with Crippen LogP contribution in [0.2, 0.25) is 0 Å². The van der Waals surface area contributed by atoms with Crippen molar-refractivity contribution < 1.29 is 29.1 Å². The van der Waals surface area contributed by atoms with Gasteiger partial charge in [-0.25, -0.2) is 0 Å². The van der Waals surface area contributed by atoms with E-state index in [2.05, 4.69) is 0 Å². The summed E-state index contributed by atoms with van der Waals surface area (Å²) in [4.78, 5) is 34.6. The van der Waals surface area contributed by atoms with Crippen molar-refractivity contribution in [2.75, 3.05) is 19.8 Å². The van der Waals surface area contributed by atoms with E-state index in [0.29, 0.717) is 5.56 Å². The summed E-state index contributed by atoms with van der Waals surface area (Å²) in [6.45, 7) is 2.57. The van der Waals surface area contributed by atoms with E-state index in [9.17, 15) is 24.8 Å². The van der Waals surface area contributed by atoms with Crippen LogP contribution in [0.3, 0.4) is 0 Å². The summed E-state index contributed by atoms with van der Waals surface area (Å²) in [5.41, 5.74) is 0.366. The monoisotopic (exact) mass is 325 g/mol. The van der Waals surface area contributed by atoms with Crippen molar-refractivity contribution in [2.24, 2.45) is 5.92 Å². The van der Waals surface area contributed by atoms with Crippen molar-refractivity contribution >= 4 is 11.9 Å². The zero-order valence-corrected chi connectivity index (χ0v) is 12.9. The fraction of sp³-hybridized carbons (Fsp3) is 0.467. The minimum absolute atomic E-state index is 0.0302. The molecular formula is C15H19NO7. The van der Waals surface area contributed by atoms with Crippen LogP contribution < -0.4 is 0 Å². The van der Waals surface area contributed by atoms with Crippen LogP contribution in [-0.4, -0.2) is 41.7 Å². The van der Waals surface area contributed by atoms with E-state index < -0.39 is 35.2 Å². The van der Waals surface area contributed by atoms with Crippen molar-refractivity contribution in [3.8, 4) is 5.75 Å². The minimum Gasteiger partial charge on any atom is -0.508 e. The molecule has 23 heavy (non-hydrogen) atoms. The average Bonchev–Trinajstić information content (AvgIpc) is 2.47. The third-order valence-corrected chi connectivity index (χ3v) is 3.15. The normalized spacial score (nSPS) is 11.8. The van der Waals surface area contributed by atoms with Crippen LogP contribution >= 0.6 is 0 Å². The lowest BCUT2D eigenvalue weighted by molar-refractivity contribution is -0.484. The van der Waals surface area contributed by atoms with Gasteiger partial charge >= 0.3 is 11.9 Å². The Morgan fingerprint density at radius 1 is 1.13 bits per heavy atom. The fourth-order valence-corrected chi connectivity index (χ4v) is 2.17. The van der Waals surface area contributed by atoms with Crippen LogP contribution in [0.15, 0.2) is 24.3 Å². The van der Waals surface area contributed by atoms with Crippen molar-refractivity contribution in [2.45, 2.75) is 19.8 Å². The van der Waals surface area contributed by atoms with Crippen LogP contribution in [0.25, 0.3) is 0 Å². The SMILES string of the molecule is CCOC(=O)C(C(=O)OCC)C(C[N+](=O)[O-])c1ccc(O)cc1. The number of ether oxygens (including phenoxy) is 2. The third kappa shape index (κ3) is 5.24. The number of aromatic hydroxyl groups is 1. The number of benzene rings is 1. The highest BCUT2D eigenvalue weighted by Gasteiger charge is 2.41. The summed E-state index contributed by atoms with van der Waals surface area (Å²) in [5.74, 6) is -4.26. The molecule has 1 rings (SSSR count). The Bertz CT molecular complexity index is 537. The first-order valence-electron chi connectivity index (χ1n) is 7.14. The Morgan fingerprint density at radius 2 is 1.61 bits per heavy atom. The van der Waals surface area contributed by atoms with Crippen molar-refractivity contribution in [3.05, 3.63) is 39.9 Å². The number of phenols is 1.